The van der Waals surface area contributed by atoms with E-state index in [2.05, 4.69) is 20.2 Å². The van der Waals surface area contributed by atoms with E-state index in [-0.39, 0.29) is 10.8 Å². The van der Waals surface area contributed by atoms with Crippen LogP contribution in [0.3, 0.4) is 0 Å². The summed E-state index contributed by atoms with van der Waals surface area (Å²) in [5.41, 5.74) is 2.29. The number of aromatic amines is 1. The molecule has 0 radical (unpaired) electrons. The molecule has 158 valence electrons. The van der Waals surface area contributed by atoms with E-state index < -0.39 is 10.0 Å². The number of para-hydroxylation sites is 1. The van der Waals surface area contributed by atoms with Crippen LogP contribution in [0.4, 0.5) is 5.69 Å². The molecule has 0 fully saturated rings. The van der Waals surface area contributed by atoms with Crippen LogP contribution in [0.5, 0.6) is 0 Å². The van der Waals surface area contributed by atoms with Gasteiger partial charge in [0.15, 0.2) is 4.77 Å². The SMILES string of the molecule is Cc1ccccc1NS(=O)(=O)c1ccc(C)c(C(=O)NCCc2n[nH]c(=S)n2C)c1. The Morgan fingerprint density at radius 2 is 1.90 bits per heavy atom. The molecule has 0 aliphatic rings. The highest BCUT2D eigenvalue weighted by Crippen LogP contribution is 2.21. The lowest BCUT2D eigenvalue weighted by molar-refractivity contribution is 0.0953. The molecular weight excluding hydrogens is 422 g/mol. The third-order valence-electron chi connectivity index (χ3n) is 4.76. The van der Waals surface area contributed by atoms with E-state index in [1.807, 2.05) is 19.1 Å². The van der Waals surface area contributed by atoms with Gasteiger partial charge in [0.25, 0.3) is 15.9 Å². The Kier molecular flexibility index (Phi) is 6.37. The zero-order valence-electron chi connectivity index (χ0n) is 16.9. The van der Waals surface area contributed by atoms with E-state index >= 15 is 0 Å². The highest BCUT2D eigenvalue weighted by atomic mass is 32.2. The molecule has 1 amide bonds. The molecule has 1 aromatic heterocycles. The molecule has 30 heavy (non-hydrogen) atoms. The molecule has 0 aliphatic heterocycles. The smallest absolute Gasteiger partial charge is 0.261 e. The molecule has 0 saturated carbocycles. The zero-order valence-corrected chi connectivity index (χ0v) is 18.5. The van der Waals surface area contributed by atoms with E-state index in [0.29, 0.717) is 34.6 Å². The summed E-state index contributed by atoms with van der Waals surface area (Å²) in [4.78, 5) is 12.7. The van der Waals surface area contributed by atoms with Crippen molar-refractivity contribution in [3.63, 3.8) is 0 Å². The predicted octanol–water partition coefficient (Wildman–Crippen LogP) is 2.87. The maximum Gasteiger partial charge on any atom is 0.261 e. The summed E-state index contributed by atoms with van der Waals surface area (Å²) < 4.78 is 30.4. The van der Waals surface area contributed by atoms with Gasteiger partial charge in [-0.3, -0.25) is 14.6 Å². The summed E-state index contributed by atoms with van der Waals surface area (Å²) >= 11 is 5.07. The quantitative estimate of drug-likeness (QED) is 0.485. The summed E-state index contributed by atoms with van der Waals surface area (Å²) in [5, 5.41) is 9.60. The van der Waals surface area contributed by atoms with Crippen molar-refractivity contribution in [2.24, 2.45) is 7.05 Å². The molecule has 3 aromatic rings. The van der Waals surface area contributed by atoms with Crippen molar-refractivity contribution >= 4 is 33.8 Å². The van der Waals surface area contributed by atoms with Gasteiger partial charge in [-0.15, -0.1) is 0 Å². The lowest BCUT2D eigenvalue weighted by Gasteiger charge is -2.13. The largest absolute Gasteiger partial charge is 0.352 e. The first-order valence-electron chi connectivity index (χ1n) is 9.26. The van der Waals surface area contributed by atoms with Gasteiger partial charge in [-0.05, 0) is 55.4 Å². The van der Waals surface area contributed by atoms with Gasteiger partial charge in [0, 0.05) is 25.6 Å². The molecule has 0 unspecified atom stereocenters. The number of H-pyrrole nitrogens is 1. The molecule has 0 aliphatic carbocycles. The van der Waals surface area contributed by atoms with Crippen LogP contribution in [0.1, 0.15) is 27.3 Å². The molecule has 0 bridgehead atoms. The molecule has 3 N–H and O–H groups in total. The Balaban J connectivity index is 1.75. The normalized spacial score (nSPS) is 11.3. The topological polar surface area (TPSA) is 109 Å². The Hall–Kier alpha value is -2.98. The van der Waals surface area contributed by atoms with E-state index in [1.54, 1.807) is 36.7 Å². The number of nitrogens with one attached hydrogen (secondary N) is 3. The molecule has 8 nitrogen and oxygen atoms in total. The standard InChI is InChI=1S/C20H23N5O3S2/c1-13-8-9-15(30(27,28)24-17-7-5-4-6-14(17)2)12-16(13)19(26)21-11-10-18-22-23-20(29)25(18)3/h4-9,12,24H,10-11H2,1-3H3,(H,21,26)(H,23,29). The number of aryl methyl sites for hydroxylation is 2. The number of carbonyl (C=O) groups excluding carboxylic acids is 1. The van der Waals surface area contributed by atoms with Gasteiger partial charge in [0.05, 0.1) is 10.6 Å². The van der Waals surface area contributed by atoms with Crippen molar-refractivity contribution in [3.05, 3.63) is 69.8 Å². The first-order valence-corrected chi connectivity index (χ1v) is 11.2. The van der Waals surface area contributed by atoms with E-state index in [0.717, 1.165) is 11.4 Å². The van der Waals surface area contributed by atoms with E-state index in [4.69, 9.17) is 12.2 Å². The maximum atomic E-state index is 12.8. The number of benzene rings is 2. The monoisotopic (exact) mass is 445 g/mol. The van der Waals surface area contributed by atoms with Crippen LogP contribution in [-0.2, 0) is 23.5 Å². The first-order chi connectivity index (χ1) is 14.2. The number of amides is 1. The van der Waals surface area contributed by atoms with Crippen molar-refractivity contribution < 1.29 is 13.2 Å². The lowest BCUT2D eigenvalue weighted by Crippen LogP contribution is -2.27. The summed E-state index contributed by atoms with van der Waals surface area (Å²) in [5.74, 6) is 0.369. The molecule has 0 saturated heterocycles. The summed E-state index contributed by atoms with van der Waals surface area (Å²) in [6.45, 7) is 3.92. The van der Waals surface area contributed by atoms with Crippen LogP contribution < -0.4 is 10.0 Å². The number of hydrogen-bond acceptors (Lipinski definition) is 5. The molecule has 0 atom stereocenters. The van der Waals surface area contributed by atoms with Gasteiger partial charge in [0.2, 0.25) is 0 Å². The zero-order chi connectivity index (χ0) is 21.9. The Bertz CT molecular complexity index is 1250. The number of aromatic nitrogens is 3. The van der Waals surface area contributed by atoms with E-state index in [9.17, 15) is 13.2 Å². The van der Waals surface area contributed by atoms with Gasteiger partial charge < -0.3 is 9.88 Å². The fraction of sp³-hybridized carbons (Fsp3) is 0.250. The van der Waals surface area contributed by atoms with Crippen LogP contribution in [-0.4, -0.2) is 35.6 Å². The molecule has 2 aromatic carbocycles. The summed E-state index contributed by atoms with van der Waals surface area (Å²) in [6, 6.07) is 11.6. The van der Waals surface area contributed by atoms with Gasteiger partial charge in [0.1, 0.15) is 5.82 Å². The number of rotatable bonds is 7. The number of carbonyl (C=O) groups is 1. The highest BCUT2D eigenvalue weighted by molar-refractivity contribution is 7.92. The van der Waals surface area contributed by atoms with Crippen molar-refractivity contribution in [2.75, 3.05) is 11.3 Å². The molecular formula is C20H23N5O3S2. The fourth-order valence-corrected chi connectivity index (χ4v) is 4.20. The number of nitrogens with zero attached hydrogens (tertiary/aromatic N) is 2. The lowest BCUT2D eigenvalue weighted by atomic mass is 10.1. The van der Waals surface area contributed by atoms with Crippen LogP contribution in [0.2, 0.25) is 0 Å². The molecule has 0 spiro atoms. The Morgan fingerprint density at radius 3 is 2.57 bits per heavy atom. The highest BCUT2D eigenvalue weighted by Gasteiger charge is 2.19. The van der Waals surface area contributed by atoms with Crippen LogP contribution in [0.25, 0.3) is 0 Å². The van der Waals surface area contributed by atoms with Gasteiger partial charge in [-0.2, -0.15) is 5.10 Å². The van der Waals surface area contributed by atoms with Crippen molar-refractivity contribution in [2.45, 2.75) is 25.2 Å². The number of hydrogen-bond donors (Lipinski definition) is 3. The van der Waals surface area contributed by atoms with Crippen LogP contribution in [0.15, 0.2) is 47.4 Å². The maximum absolute atomic E-state index is 12.8. The molecule has 10 heteroatoms. The first kappa shape index (κ1) is 21.7. The van der Waals surface area contributed by atoms with Gasteiger partial charge in [-0.25, -0.2) is 8.42 Å². The van der Waals surface area contributed by atoms with Crippen LogP contribution in [0, 0.1) is 18.6 Å². The molecule has 1 heterocycles. The minimum absolute atomic E-state index is 0.0240. The van der Waals surface area contributed by atoms with Gasteiger partial charge >= 0.3 is 0 Å². The fourth-order valence-electron chi connectivity index (χ4n) is 2.89. The van der Waals surface area contributed by atoms with Crippen molar-refractivity contribution in [1.82, 2.24) is 20.1 Å². The second-order valence-corrected chi connectivity index (χ2v) is 8.98. The number of anilines is 1. The molecule has 3 rings (SSSR count). The van der Waals surface area contributed by atoms with Crippen LogP contribution >= 0.6 is 12.2 Å². The summed E-state index contributed by atoms with van der Waals surface area (Å²) in [7, 11) is -2.04. The third kappa shape index (κ3) is 4.77. The average Bonchev–Trinajstić information content (AvgIpc) is 3.02. The summed E-state index contributed by atoms with van der Waals surface area (Å²) in [6.07, 6.45) is 0.487. The Labute approximate surface area is 180 Å². The van der Waals surface area contributed by atoms with Crippen molar-refractivity contribution in [1.29, 1.82) is 0 Å². The number of sulfonamides is 1. The Morgan fingerprint density at radius 1 is 1.17 bits per heavy atom. The van der Waals surface area contributed by atoms with Gasteiger partial charge in [-0.1, -0.05) is 24.3 Å². The minimum atomic E-state index is -3.83. The predicted molar refractivity (Wildman–Crippen MR) is 118 cm³/mol. The second-order valence-electron chi connectivity index (χ2n) is 6.91. The third-order valence-corrected chi connectivity index (χ3v) is 6.49. The second kappa shape index (κ2) is 8.80. The average molecular weight is 446 g/mol. The van der Waals surface area contributed by atoms with Crippen molar-refractivity contribution in [3.8, 4) is 0 Å². The van der Waals surface area contributed by atoms with E-state index in [1.165, 1.54) is 12.1 Å². The minimum Gasteiger partial charge on any atom is -0.352 e.